The van der Waals surface area contributed by atoms with E-state index >= 15 is 0 Å². The highest BCUT2D eigenvalue weighted by molar-refractivity contribution is 5.83. The summed E-state index contributed by atoms with van der Waals surface area (Å²) in [5.74, 6) is -12.5. The van der Waals surface area contributed by atoms with Gasteiger partial charge in [0.1, 0.15) is 18.5 Å². The molecule has 3 atom stereocenters. The van der Waals surface area contributed by atoms with E-state index in [1.54, 1.807) is 6.08 Å². The van der Waals surface area contributed by atoms with Gasteiger partial charge in [0.05, 0.1) is 7.11 Å². The van der Waals surface area contributed by atoms with Crippen LogP contribution in [0.2, 0.25) is 0 Å². The first-order valence-corrected chi connectivity index (χ1v) is 12.3. The van der Waals surface area contributed by atoms with Crippen molar-refractivity contribution in [3.05, 3.63) is 41.2 Å². The summed E-state index contributed by atoms with van der Waals surface area (Å²) < 4.78 is 76.2. The van der Waals surface area contributed by atoms with E-state index < -0.39 is 47.5 Å². The van der Waals surface area contributed by atoms with Crippen molar-refractivity contribution in [1.82, 2.24) is 0 Å². The van der Waals surface area contributed by atoms with E-state index in [2.05, 4.69) is 9.47 Å². The number of allylic oxidation sites excluding steroid dienone is 1. The molecule has 0 unspecified atom stereocenters. The molecule has 1 aromatic rings. The fourth-order valence-corrected chi connectivity index (χ4v) is 4.37. The molecule has 5 nitrogen and oxygen atoms in total. The van der Waals surface area contributed by atoms with Crippen LogP contribution >= 0.6 is 0 Å². The Bertz CT molecular complexity index is 891. The van der Waals surface area contributed by atoms with E-state index in [9.17, 15) is 36.6 Å². The average molecular weight is 521 g/mol. The number of ketones is 1. The summed E-state index contributed by atoms with van der Waals surface area (Å²) in [6, 6.07) is 0. The van der Waals surface area contributed by atoms with Crippen LogP contribution in [0.4, 0.5) is 22.0 Å². The van der Waals surface area contributed by atoms with Crippen LogP contribution in [0.15, 0.2) is 12.2 Å². The van der Waals surface area contributed by atoms with E-state index in [4.69, 9.17) is 0 Å². The van der Waals surface area contributed by atoms with Crippen molar-refractivity contribution >= 4 is 11.8 Å². The number of Topliss-reactive ketones (excluding diaryl/α,β-unsaturated/α-hetero) is 1. The molecule has 0 bridgehead atoms. The lowest BCUT2D eigenvalue weighted by Crippen LogP contribution is -2.18. The quantitative estimate of drug-likeness (QED) is 0.0772. The third kappa shape index (κ3) is 8.57. The molecule has 1 N–H and O–H groups in total. The Morgan fingerprint density at radius 3 is 2.11 bits per heavy atom. The van der Waals surface area contributed by atoms with Gasteiger partial charge in [0.15, 0.2) is 5.75 Å². The number of esters is 1. The number of methoxy groups -OCH3 is 1. The number of ether oxygens (including phenoxy) is 2. The second-order valence-corrected chi connectivity index (χ2v) is 9.03. The summed E-state index contributed by atoms with van der Waals surface area (Å²) in [7, 11) is 1.38. The zero-order chi connectivity index (χ0) is 26.7. The fraction of sp³-hybridized carbons (Fsp3) is 0.615. The van der Waals surface area contributed by atoms with Gasteiger partial charge >= 0.3 is 5.97 Å². The molecule has 1 aliphatic rings. The van der Waals surface area contributed by atoms with E-state index in [0.29, 0.717) is 25.7 Å². The van der Waals surface area contributed by atoms with Crippen LogP contribution in [0.3, 0.4) is 0 Å². The maximum atomic E-state index is 13.7. The van der Waals surface area contributed by atoms with Crippen molar-refractivity contribution in [1.29, 1.82) is 0 Å². The maximum absolute atomic E-state index is 13.7. The molecule has 0 spiro atoms. The molecule has 2 rings (SSSR count). The van der Waals surface area contributed by atoms with Crippen molar-refractivity contribution in [2.24, 2.45) is 11.8 Å². The average Bonchev–Trinajstić information content (AvgIpc) is 3.22. The predicted octanol–water partition coefficient (Wildman–Crippen LogP) is 5.96. The highest BCUT2D eigenvalue weighted by Crippen LogP contribution is 2.34. The Labute approximate surface area is 207 Å². The van der Waals surface area contributed by atoms with Gasteiger partial charge in [-0.1, -0.05) is 50.7 Å². The van der Waals surface area contributed by atoms with Gasteiger partial charge in [-0.2, -0.15) is 8.78 Å². The van der Waals surface area contributed by atoms with Gasteiger partial charge in [0.2, 0.25) is 29.1 Å². The van der Waals surface area contributed by atoms with Crippen molar-refractivity contribution < 1.29 is 46.1 Å². The molecule has 1 fully saturated rings. The molecule has 0 heterocycles. The number of carbonyl (C=O) groups is 2. The van der Waals surface area contributed by atoms with Gasteiger partial charge in [-0.25, -0.2) is 13.2 Å². The maximum Gasteiger partial charge on any atom is 0.305 e. The van der Waals surface area contributed by atoms with Gasteiger partial charge < -0.3 is 14.6 Å². The highest BCUT2D eigenvalue weighted by atomic mass is 19.2. The molecular weight excluding hydrogens is 487 g/mol. The van der Waals surface area contributed by atoms with Crippen molar-refractivity contribution in [3.63, 3.8) is 0 Å². The monoisotopic (exact) mass is 520 g/mol. The van der Waals surface area contributed by atoms with Crippen LogP contribution in [-0.4, -0.2) is 36.7 Å². The van der Waals surface area contributed by atoms with Crippen LogP contribution in [0.5, 0.6) is 5.75 Å². The van der Waals surface area contributed by atoms with Crippen molar-refractivity contribution in [3.8, 4) is 5.75 Å². The molecule has 202 valence electrons. The van der Waals surface area contributed by atoms with Crippen LogP contribution in [0.1, 0.15) is 70.6 Å². The zero-order valence-electron chi connectivity index (χ0n) is 20.3. The molecule has 0 saturated heterocycles. The van der Waals surface area contributed by atoms with Crippen molar-refractivity contribution in [2.45, 2.75) is 76.7 Å². The summed E-state index contributed by atoms with van der Waals surface area (Å²) in [4.78, 5) is 23.3. The first-order valence-electron chi connectivity index (χ1n) is 12.3. The topological polar surface area (TPSA) is 72.8 Å². The largest absolute Gasteiger partial charge is 0.484 e. The third-order valence-electron chi connectivity index (χ3n) is 6.43. The summed E-state index contributed by atoms with van der Waals surface area (Å²) >= 11 is 0. The van der Waals surface area contributed by atoms with Gasteiger partial charge in [-0.15, -0.1) is 0 Å². The Hall–Kier alpha value is -2.49. The molecule has 0 aromatic heterocycles. The number of carbonyl (C=O) groups excluding carboxylic acids is 2. The minimum Gasteiger partial charge on any atom is -0.484 e. The second kappa shape index (κ2) is 14.9. The number of aliphatic hydroxyl groups excluding tert-OH is 1. The number of halogens is 5. The van der Waals surface area contributed by atoms with Crippen molar-refractivity contribution in [2.75, 3.05) is 13.7 Å². The lowest BCUT2D eigenvalue weighted by molar-refractivity contribution is -0.140. The van der Waals surface area contributed by atoms with Crippen LogP contribution in [0, 0.1) is 40.9 Å². The van der Waals surface area contributed by atoms with E-state index in [1.807, 2.05) is 0 Å². The van der Waals surface area contributed by atoms with E-state index in [-0.39, 0.29) is 23.6 Å². The van der Waals surface area contributed by atoms with Gasteiger partial charge in [-0.05, 0) is 25.2 Å². The normalized spacial score (nSPS) is 18.7. The molecule has 10 heteroatoms. The lowest BCUT2D eigenvalue weighted by Gasteiger charge is -2.16. The molecule has 1 aliphatic carbocycles. The lowest BCUT2D eigenvalue weighted by atomic mass is 9.89. The molecule has 1 aromatic carbocycles. The highest BCUT2D eigenvalue weighted by Gasteiger charge is 2.32. The Kier molecular flexibility index (Phi) is 12.3. The van der Waals surface area contributed by atoms with Gasteiger partial charge in [0.25, 0.3) is 0 Å². The third-order valence-corrected chi connectivity index (χ3v) is 6.43. The zero-order valence-corrected chi connectivity index (χ0v) is 20.3. The Morgan fingerprint density at radius 1 is 0.944 bits per heavy atom. The minimum atomic E-state index is -2.29. The summed E-state index contributed by atoms with van der Waals surface area (Å²) in [6.07, 6.45) is 10.6. The van der Waals surface area contributed by atoms with E-state index in [0.717, 1.165) is 44.9 Å². The smallest absolute Gasteiger partial charge is 0.305 e. The number of hydrogen-bond donors (Lipinski definition) is 1. The number of unbranched alkanes of at least 4 members (excludes halogenated alkanes) is 6. The Balaban J connectivity index is 1.73. The molecule has 0 amide bonds. The molecule has 0 aliphatic heterocycles. The SMILES string of the molecule is COC(=O)CCCCCCCCC[C@H]1C(=O)CC[C@@H]1/C=C/[C@H](O)COc1c(F)c(F)c(F)c(F)c1F. The number of aliphatic hydroxyl groups is 1. The van der Waals surface area contributed by atoms with Crippen LogP contribution < -0.4 is 4.74 Å². The van der Waals surface area contributed by atoms with Gasteiger partial charge in [-0.3, -0.25) is 9.59 Å². The Morgan fingerprint density at radius 2 is 1.50 bits per heavy atom. The van der Waals surface area contributed by atoms with E-state index in [1.165, 1.54) is 13.2 Å². The number of benzene rings is 1. The molecule has 36 heavy (non-hydrogen) atoms. The molecule has 0 radical (unpaired) electrons. The predicted molar refractivity (Wildman–Crippen MR) is 122 cm³/mol. The minimum absolute atomic E-state index is 0.0975. The number of rotatable bonds is 15. The first kappa shape index (κ1) is 29.7. The number of hydrogen-bond acceptors (Lipinski definition) is 5. The molecule has 1 saturated carbocycles. The summed E-state index contributed by atoms with van der Waals surface area (Å²) in [5, 5.41) is 10.0. The first-order chi connectivity index (χ1) is 17.2. The molecular formula is C26H33F5O5. The second-order valence-electron chi connectivity index (χ2n) is 9.03. The van der Waals surface area contributed by atoms with Crippen LogP contribution in [-0.2, 0) is 14.3 Å². The fourth-order valence-electron chi connectivity index (χ4n) is 4.37. The van der Waals surface area contributed by atoms with Crippen LogP contribution in [0.25, 0.3) is 0 Å². The summed E-state index contributed by atoms with van der Waals surface area (Å²) in [6.45, 7) is -0.722. The standard InChI is InChI=1S/C26H33F5O5/c1-35-20(34)10-8-6-4-2-3-5-7-9-18-16(12-14-19(18)33)11-13-17(32)15-36-26-24(30)22(28)21(27)23(29)25(26)31/h11,13,16-18,32H,2-10,12,14-15H2,1H3/b13-11+/t16-,17-,18+/m0/s1. The summed E-state index contributed by atoms with van der Waals surface area (Å²) in [5.41, 5.74) is 0. The van der Waals surface area contributed by atoms with Gasteiger partial charge in [0, 0.05) is 18.8 Å².